The Kier molecular flexibility index (Phi) is 6.21. The summed E-state index contributed by atoms with van der Waals surface area (Å²) in [4.78, 5) is 2.52. The van der Waals surface area contributed by atoms with Crippen LogP contribution >= 0.6 is 11.3 Å². The Hall–Kier alpha value is -5.44. The Bertz CT molecular complexity index is 2640. The maximum atomic E-state index is 2.52. The van der Waals surface area contributed by atoms with Crippen LogP contribution in [0.2, 0.25) is 0 Å². The highest BCUT2D eigenvalue weighted by molar-refractivity contribution is 7.26. The van der Waals surface area contributed by atoms with Gasteiger partial charge in [0, 0.05) is 53.5 Å². The zero-order valence-corrected chi connectivity index (χ0v) is 29.6. The van der Waals surface area contributed by atoms with Gasteiger partial charge in [0.2, 0.25) is 0 Å². The lowest BCUT2D eigenvalue weighted by Crippen LogP contribution is -2.17. The molecule has 1 heterocycles. The highest BCUT2D eigenvalue weighted by Crippen LogP contribution is 2.58. The highest BCUT2D eigenvalue weighted by atomic mass is 32.1. The van der Waals surface area contributed by atoms with E-state index in [9.17, 15) is 0 Å². The van der Waals surface area contributed by atoms with Crippen molar-refractivity contribution in [3.8, 4) is 33.4 Å². The van der Waals surface area contributed by atoms with Crippen LogP contribution in [0.15, 0.2) is 152 Å². The monoisotopic (exact) mass is 659 g/mol. The molecule has 240 valence electrons. The summed E-state index contributed by atoms with van der Waals surface area (Å²) in [5.41, 5.74) is 16.8. The smallest absolute Gasteiger partial charge is 0.0543 e. The number of anilines is 3. The first-order valence-corrected chi connectivity index (χ1v) is 18.4. The number of nitrogens with zero attached hydrogens (tertiary/aromatic N) is 1. The van der Waals surface area contributed by atoms with E-state index < -0.39 is 0 Å². The normalized spacial score (nSPS) is 14.7. The molecule has 0 bridgehead atoms. The second-order valence-electron chi connectivity index (χ2n) is 14.9. The van der Waals surface area contributed by atoms with Crippen LogP contribution in [0.3, 0.4) is 0 Å². The van der Waals surface area contributed by atoms with Crippen LogP contribution in [0.1, 0.15) is 49.9 Å². The lowest BCUT2D eigenvalue weighted by atomic mass is 9.82. The van der Waals surface area contributed by atoms with Crippen molar-refractivity contribution in [1.29, 1.82) is 0 Å². The first-order chi connectivity index (χ1) is 24.3. The maximum absolute atomic E-state index is 2.52. The summed E-state index contributed by atoms with van der Waals surface area (Å²) < 4.78 is 2.72. The Morgan fingerprint density at radius 2 is 1.08 bits per heavy atom. The SMILES string of the molecule is CC1(C)c2ccccc2-c2ccc(N(c3ccc(-c4ccccc4)cc3)c3cccc4c3-c3c(ccc5c3sc3ccccc35)C4(C)C)cc21. The van der Waals surface area contributed by atoms with E-state index in [2.05, 4.69) is 184 Å². The summed E-state index contributed by atoms with van der Waals surface area (Å²) in [7, 11) is 0. The predicted molar refractivity (Wildman–Crippen MR) is 215 cm³/mol. The van der Waals surface area contributed by atoms with Crippen molar-refractivity contribution in [3.05, 3.63) is 174 Å². The molecule has 0 unspecified atom stereocenters. The number of hydrogen-bond acceptors (Lipinski definition) is 2. The van der Waals surface area contributed by atoms with Crippen molar-refractivity contribution in [2.24, 2.45) is 0 Å². The molecule has 2 aliphatic rings. The molecule has 0 amide bonds. The number of thiophene rings is 1. The highest BCUT2D eigenvalue weighted by Gasteiger charge is 2.40. The third-order valence-corrected chi connectivity index (χ3v) is 12.7. The second-order valence-corrected chi connectivity index (χ2v) is 16.0. The minimum atomic E-state index is -0.130. The quantitative estimate of drug-likeness (QED) is 0.182. The van der Waals surface area contributed by atoms with Gasteiger partial charge >= 0.3 is 0 Å². The van der Waals surface area contributed by atoms with Gasteiger partial charge in [-0.1, -0.05) is 143 Å². The van der Waals surface area contributed by atoms with Gasteiger partial charge in [0.25, 0.3) is 0 Å². The molecule has 8 aromatic rings. The maximum Gasteiger partial charge on any atom is 0.0543 e. The van der Waals surface area contributed by atoms with Crippen LogP contribution in [0, 0.1) is 0 Å². The van der Waals surface area contributed by atoms with Gasteiger partial charge in [0.05, 0.1) is 5.69 Å². The Balaban J connectivity index is 1.24. The molecule has 2 heteroatoms. The van der Waals surface area contributed by atoms with E-state index in [0.717, 1.165) is 5.69 Å². The van der Waals surface area contributed by atoms with Crippen LogP contribution in [0.4, 0.5) is 17.1 Å². The average molecular weight is 660 g/mol. The zero-order chi connectivity index (χ0) is 33.8. The van der Waals surface area contributed by atoms with Gasteiger partial charge in [-0.2, -0.15) is 0 Å². The van der Waals surface area contributed by atoms with Gasteiger partial charge in [0.1, 0.15) is 0 Å². The number of fused-ring (bicyclic) bond motifs is 10. The van der Waals surface area contributed by atoms with Gasteiger partial charge in [-0.25, -0.2) is 0 Å². The van der Waals surface area contributed by atoms with Crippen LogP contribution in [0.25, 0.3) is 53.6 Å². The predicted octanol–water partition coefficient (Wildman–Crippen LogP) is 13.8. The molecule has 10 rings (SSSR count). The first kappa shape index (κ1) is 29.5. The van der Waals surface area contributed by atoms with Crippen LogP contribution in [0.5, 0.6) is 0 Å². The Labute approximate surface area is 298 Å². The molecule has 0 saturated carbocycles. The molecule has 50 heavy (non-hydrogen) atoms. The minimum Gasteiger partial charge on any atom is -0.310 e. The van der Waals surface area contributed by atoms with E-state index in [0.29, 0.717) is 0 Å². The molecule has 0 N–H and O–H groups in total. The van der Waals surface area contributed by atoms with Gasteiger partial charge in [0.15, 0.2) is 0 Å². The lowest BCUT2D eigenvalue weighted by molar-refractivity contribution is 0.660. The molecule has 2 aliphatic carbocycles. The van der Waals surface area contributed by atoms with Gasteiger partial charge in [-0.15, -0.1) is 11.3 Å². The van der Waals surface area contributed by atoms with Crippen molar-refractivity contribution in [3.63, 3.8) is 0 Å². The molecule has 7 aromatic carbocycles. The van der Waals surface area contributed by atoms with Crippen molar-refractivity contribution < 1.29 is 0 Å². The number of rotatable bonds is 4. The molecule has 1 aromatic heterocycles. The Morgan fingerprint density at radius 3 is 1.92 bits per heavy atom. The van der Waals surface area contributed by atoms with Crippen LogP contribution < -0.4 is 4.90 Å². The van der Waals surface area contributed by atoms with E-state index in [1.54, 1.807) is 0 Å². The summed E-state index contributed by atoms with van der Waals surface area (Å²) in [6, 6.07) is 56.5. The zero-order valence-electron chi connectivity index (χ0n) is 28.8. The topological polar surface area (TPSA) is 3.24 Å². The molecular formula is C48H37NS. The fourth-order valence-electron chi connectivity index (χ4n) is 8.91. The molecule has 0 saturated heterocycles. The third-order valence-electron chi connectivity index (χ3n) is 11.5. The summed E-state index contributed by atoms with van der Waals surface area (Å²) in [5.74, 6) is 0. The minimum absolute atomic E-state index is 0.0960. The van der Waals surface area contributed by atoms with Gasteiger partial charge in [-0.05, 0) is 80.9 Å². The first-order valence-electron chi connectivity index (χ1n) is 17.6. The van der Waals surface area contributed by atoms with Crippen molar-refractivity contribution in [2.45, 2.75) is 38.5 Å². The van der Waals surface area contributed by atoms with E-state index in [-0.39, 0.29) is 10.8 Å². The molecule has 0 atom stereocenters. The molecule has 1 nitrogen and oxygen atoms in total. The summed E-state index contributed by atoms with van der Waals surface area (Å²) >= 11 is 1.93. The summed E-state index contributed by atoms with van der Waals surface area (Å²) in [5, 5.41) is 2.69. The van der Waals surface area contributed by atoms with Crippen LogP contribution in [-0.4, -0.2) is 0 Å². The van der Waals surface area contributed by atoms with E-state index >= 15 is 0 Å². The lowest BCUT2D eigenvalue weighted by Gasteiger charge is -2.30. The molecule has 0 fully saturated rings. The molecule has 0 aliphatic heterocycles. The number of benzene rings is 7. The molecular weight excluding hydrogens is 623 g/mol. The standard InChI is InChI=1S/C48H37NS/c1-47(2)38-17-10-8-15-34(38)35-26-25-33(29-41(35)47)49(32-23-21-31(22-24-32)30-13-6-5-7-14-30)42-19-12-18-39-44(42)45-40(48(39,3)4)28-27-37-36-16-9-11-20-43(36)50-46(37)45/h5-29H,1-4H3. The van der Waals surface area contributed by atoms with Crippen molar-refractivity contribution in [2.75, 3.05) is 4.90 Å². The summed E-state index contributed by atoms with van der Waals surface area (Å²) in [6.45, 7) is 9.54. The van der Waals surface area contributed by atoms with E-state index in [1.807, 2.05) is 11.3 Å². The second kappa shape index (κ2) is 10.5. The van der Waals surface area contributed by atoms with E-state index in [1.165, 1.54) is 87.2 Å². The van der Waals surface area contributed by atoms with E-state index in [4.69, 9.17) is 0 Å². The molecule has 0 radical (unpaired) electrons. The van der Waals surface area contributed by atoms with Crippen molar-refractivity contribution in [1.82, 2.24) is 0 Å². The van der Waals surface area contributed by atoms with Gasteiger partial charge < -0.3 is 4.90 Å². The van der Waals surface area contributed by atoms with Crippen molar-refractivity contribution >= 4 is 48.6 Å². The average Bonchev–Trinajstić information content (AvgIpc) is 3.73. The third kappa shape index (κ3) is 4.06. The Morgan fingerprint density at radius 1 is 0.440 bits per heavy atom. The number of hydrogen-bond donors (Lipinski definition) is 0. The fourth-order valence-corrected chi connectivity index (χ4v) is 10.2. The largest absolute Gasteiger partial charge is 0.310 e. The van der Waals surface area contributed by atoms with Gasteiger partial charge in [-0.3, -0.25) is 0 Å². The molecule has 0 spiro atoms. The van der Waals surface area contributed by atoms with Crippen LogP contribution in [-0.2, 0) is 10.8 Å². The fraction of sp³-hybridized carbons (Fsp3) is 0.125. The summed E-state index contributed by atoms with van der Waals surface area (Å²) in [6.07, 6.45) is 0.